The zero-order valence-electron chi connectivity index (χ0n) is 15.2. The normalized spacial score (nSPS) is 19.2. The Morgan fingerprint density at radius 2 is 1.85 bits per heavy atom. The summed E-state index contributed by atoms with van der Waals surface area (Å²) in [5, 5.41) is 2.67. The maximum atomic E-state index is 13.2. The van der Waals surface area contributed by atoms with Crippen molar-refractivity contribution in [2.45, 2.75) is 25.9 Å². The molecular formula is C20H19FN2O4. The van der Waals surface area contributed by atoms with Gasteiger partial charge in [0.05, 0.1) is 13.7 Å². The molecular weight excluding hydrogens is 351 g/mol. The van der Waals surface area contributed by atoms with Crippen molar-refractivity contribution in [3.63, 3.8) is 0 Å². The predicted molar refractivity (Wildman–Crippen MR) is 95.8 cm³/mol. The maximum absolute atomic E-state index is 13.2. The van der Waals surface area contributed by atoms with Gasteiger partial charge in [0.15, 0.2) is 5.78 Å². The SMILES string of the molecule is COc1ccc(C(C)=O)cc1CN1C(=O)N[C@@](C)(c2ccc(F)cc2)C1=O. The number of nitrogens with zero attached hydrogens (tertiary/aromatic N) is 1. The molecule has 1 atom stereocenters. The fourth-order valence-electron chi connectivity index (χ4n) is 3.11. The highest BCUT2D eigenvalue weighted by atomic mass is 19.1. The zero-order valence-corrected chi connectivity index (χ0v) is 15.2. The monoisotopic (exact) mass is 370 g/mol. The Morgan fingerprint density at radius 3 is 2.44 bits per heavy atom. The Bertz CT molecular complexity index is 926. The number of carbonyl (C=O) groups is 3. The highest BCUT2D eigenvalue weighted by Gasteiger charge is 2.49. The molecule has 2 aromatic carbocycles. The van der Waals surface area contributed by atoms with Gasteiger partial charge in [-0.1, -0.05) is 12.1 Å². The number of benzene rings is 2. The first-order valence-electron chi connectivity index (χ1n) is 8.34. The van der Waals surface area contributed by atoms with E-state index in [-0.39, 0.29) is 12.3 Å². The van der Waals surface area contributed by atoms with Crippen molar-refractivity contribution in [1.29, 1.82) is 0 Å². The van der Waals surface area contributed by atoms with Gasteiger partial charge < -0.3 is 10.1 Å². The van der Waals surface area contributed by atoms with Crippen LogP contribution in [0.15, 0.2) is 42.5 Å². The number of urea groups is 1. The van der Waals surface area contributed by atoms with Crippen molar-refractivity contribution in [3.05, 3.63) is 65.0 Å². The van der Waals surface area contributed by atoms with Crippen LogP contribution in [0.5, 0.6) is 5.75 Å². The summed E-state index contributed by atoms with van der Waals surface area (Å²) in [6.45, 7) is 2.96. The van der Waals surface area contributed by atoms with E-state index in [4.69, 9.17) is 4.74 Å². The minimum atomic E-state index is -1.30. The minimum Gasteiger partial charge on any atom is -0.496 e. The Labute approximate surface area is 155 Å². The first-order chi connectivity index (χ1) is 12.8. The molecule has 1 aliphatic rings. The van der Waals surface area contributed by atoms with E-state index in [0.29, 0.717) is 22.4 Å². The number of carbonyl (C=O) groups excluding carboxylic acids is 3. The summed E-state index contributed by atoms with van der Waals surface area (Å²) in [5.41, 5.74) is 0.182. The largest absolute Gasteiger partial charge is 0.496 e. The molecule has 0 spiro atoms. The number of ether oxygens (including phenoxy) is 1. The van der Waals surface area contributed by atoms with Crippen LogP contribution < -0.4 is 10.1 Å². The lowest BCUT2D eigenvalue weighted by molar-refractivity contribution is -0.131. The Hall–Kier alpha value is -3.22. The molecule has 1 heterocycles. The fourth-order valence-corrected chi connectivity index (χ4v) is 3.11. The number of ketones is 1. The number of nitrogens with one attached hydrogen (secondary N) is 1. The number of hydrogen-bond acceptors (Lipinski definition) is 4. The summed E-state index contributed by atoms with van der Waals surface area (Å²) in [7, 11) is 1.47. The second-order valence-electron chi connectivity index (χ2n) is 6.54. The Kier molecular flexibility index (Phi) is 4.70. The highest BCUT2D eigenvalue weighted by molar-refractivity contribution is 6.07. The smallest absolute Gasteiger partial charge is 0.325 e. The van der Waals surface area contributed by atoms with E-state index < -0.39 is 23.3 Å². The minimum absolute atomic E-state index is 0.0499. The summed E-state index contributed by atoms with van der Waals surface area (Å²) in [6, 6.07) is 9.70. The molecule has 3 amide bonds. The molecule has 0 unspecified atom stereocenters. The number of amides is 3. The molecule has 1 saturated heterocycles. The van der Waals surface area contributed by atoms with E-state index in [0.717, 1.165) is 4.90 Å². The standard InChI is InChI=1S/C20H19FN2O4/c1-12(24)13-4-9-17(27-3)14(10-13)11-23-18(25)20(2,22-19(23)26)15-5-7-16(21)8-6-15/h4-10H,11H2,1-3H3,(H,22,26)/t20-/m0/s1. The van der Waals surface area contributed by atoms with E-state index in [1.165, 1.54) is 38.3 Å². The summed E-state index contributed by atoms with van der Waals surface area (Å²) in [5.74, 6) is -0.556. The van der Waals surface area contributed by atoms with Crippen LogP contribution in [-0.2, 0) is 16.9 Å². The zero-order chi connectivity index (χ0) is 19.8. The van der Waals surface area contributed by atoms with Gasteiger partial charge in [0.25, 0.3) is 5.91 Å². The molecule has 6 nitrogen and oxygen atoms in total. The molecule has 7 heteroatoms. The maximum Gasteiger partial charge on any atom is 0.325 e. The summed E-state index contributed by atoms with van der Waals surface area (Å²) in [4.78, 5) is 38.2. The second-order valence-corrected chi connectivity index (χ2v) is 6.54. The van der Waals surface area contributed by atoms with Crippen LogP contribution in [0.4, 0.5) is 9.18 Å². The quantitative estimate of drug-likeness (QED) is 0.648. The summed E-state index contributed by atoms with van der Waals surface area (Å²) >= 11 is 0. The van der Waals surface area contributed by atoms with Gasteiger partial charge in [-0.05, 0) is 49.7 Å². The van der Waals surface area contributed by atoms with E-state index in [2.05, 4.69) is 5.32 Å². The van der Waals surface area contributed by atoms with Crippen LogP contribution in [0.2, 0.25) is 0 Å². The van der Waals surface area contributed by atoms with Gasteiger partial charge in [0.2, 0.25) is 0 Å². The third-order valence-electron chi connectivity index (χ3n) is 4.71. The molecule has 140 valence electrons. The predicted octanol–water partition coefficient (Wildman–Crippen LogP) is 3.00. The summed E-state index contributed by atoms with van der Waals surface area (Å²) < 4.78 is 18.5. The van der Waals surface area contributed by atoms with Gasteiger partial charge in [0, 0.05) is 11.1 Å². The molecule has 1 N–H and O–H groups in total. The fraction of sp³-hybridized carbons (Fsp3) is 0.250. The number of hydrogen-bond donors (Lipinski definition) is 1. The second kappa shape index (κ2) is 6.83. The van der Waals surface area contributed by atoms with Crippen LogP contribution in [0.1, 0.15) is 35.3 Å². The lowest BCUT2D eigenvalue weighted by atomic mass is 9.92. The van der Waals surface area contributed by atoms with Crippen LogP contribution >= 0.6 is 0 Å². The van der Waals surface area contributed by atoms with Crippen LogP contribution in [-0.4, -0.2) is 29.7 Å². The Balaban J connectivity index is 1.93. The van der Waals surface area contributed by atoms with Crippen molar-refractivity contribution in [1.82, 2.24) is 10.2 Å². The number of rotatable bonds is 5. The van der Waals surface area contributed by atoms with Crippen molar-refractivity contribution in [2.75, 3.05) is 7.11 Å². The molecule has 0 bridgehead atoms. The van der Waals surface area contributed by atoms with E-state index in [9.17, 15) is 18.8 Å². The molecule has 0 aliphatic carbocycles. The highest BCUT2D eigenvalue weighted by Crippen LogP contribution is 2.31. The first kappa shape index (κ1) is 18.6. The van der Waals surface area contributed by atoms with Crippen LogP contribution in [0.25, 0.3) is 0 Å². The van der Waals surface area contributed by atoms with Gasteiger partial charge in [-0.15, -0.1) is 0 Å². The van der Waals surface area contributed by atoms with E-state index in [1.807, 2.05) is 0 Å². The summed E-state index contributed by atoms with van der Waals surface area (Å²) in [6.07, 6.45) is 0. The lowest BCUT2D eigenvalue weighted by Crippen LogP contribution is -2.40. The van der Waals surface area contributed by atoms with Crippen molar-refractivity contribution in [2.24, 2.45) is 0 Å². The molecule has 1 fully saturated rings. The van der Waals surface area contributed by atoms with Crippen LogP contribution in [0, 0.1) is 5.82 Å². The number of imide groups is 1. The number of methoxy groups -OCH3 is 1. The lowest BCUT2D eigenvalue weighted by Gasteiger charge is -2.22. The van der Waals surface area contributed by atoms with Crippen molar-refractivity contribution < 1.29 is 23.5 Å². The molecule has 1 aliphatic heterocycles. The molecule has 0 radical (unpaired) electrons. The average molecular weight is 370 g/mol. The number of halogens is 1. The van der Waals surface area contributed by atoms with Crippen molar-refractivity contribution in [3.8, 4) is 5.75 Å². The van der Waals surface area contributed by atoms with Gasteiger partial charge in [0.1, 0.15) is 17.1 Å². The molecule has 3 rings (SSSR count). The topological polar surface area (TPSA) is 75.7 Å². The molecule has 0 saturated carbocycles. The van der Waals surface area contributed by atoms with Gasteiger partial charge in [-0.25, -0.2) is 9.18 Å². The Morgan fingerprint density at radius 1 is 1.19 bits per heavy atom. The first-order valence-corrected chi connectivity index (χ1v) is 8.34. The van der Waals surface area contributed by atoms with Crippen LogP contribution in [0.3, 0.4) is 0 Å². The average Bonchev–Trinajstić information content (AvgIpc) is 2.86. The number of Topliss-reactive ketones (excluding diaryl/α,β-unsaturated/α-hetero) is 1. The van der Waals surface area contributed by atoms with Crippen molar-refractivity contribution >= 4 is 17.7 Å². The third kappa shape index (κ3) is 3.28. The molecule has 2 aromatic rings. The van der Waals surface area contributed by atoms with Gasteiger partial charge >= 0.3 is 6.03 Å². The van der Waals surface area contributed by atoms with Gasteiger partial charge in [-0.2, -0.15) is 0 Å². The third-order valence-corrected chi connectivity index (χ3v) is 4.71. The van der Waals surface area contributed by atoms with Gasteiger partial charge in [-0.3, -0.25) is 14.5 Å². The molecule has 0 aromatic heterocycles. The van der Waals surface area contributed by atoms with E-state index in [1.54, 1.807) is 25.1 Å². The molecule has 27 heavy (non-hydrogen) atoms. The van der Waals surface area contributed by atoms with E-state index >= 15 is 0 Å².